The monoisotopic (exact) mass is 410 g/mol. The lowest BCUT2D eigenvalue weighted by Gasteiger charge is -2.35. The van der Waals surface area contributed by atoms with Crippen molar-refractivity contribution in [3.05, 3.63) is 50.9 Å². The van der Waals surface area contributed by atoms with Crippen LogP contribution >= 0.6 is 11.3 Å². The number of fused-ring (bicyclic) bond motifs is 3. The summed E-state index contributed by atoms with van der Waals surface area (Å²) < 4.78 is 5.24. The molecule has 1 N–H and O–H groups in total. The molecule has 0 amide bonds. The fourth-order valence-corrected chi connectivity index (χ4v) is 5.73. The standard InChI is InChI=1S/C22H26N4O2S/c1-28-16-8-6-15(7-9-16)26-12-10-25(11-13-26)14-19-23-21(27)20-17-4-2-3-5-18(17)29-22(20)24-19/h6-9H,2-5,10-14H2,1H3,(H,23,24,27). The van der Waals surface area contributed by atoms with Gasteiger partial charge in [0.1, 0.15) is 16.4 Å². The number of nitrogens with one attached hydrogen (secondary N) is 1. The van der Waals surface area contributed by atoms with Gasteiger partial charge in [-0.25, -0.2) is 4.98 Å². The van der Waals surface area contributed by atoms with E-state index in [1.807, 2.05) is 12.1 Å². The Morgan fingerprint density at radius 3 is 2.62 bits per heavy atom. The minimum absolute atomic E-state index is 0.0428. The Morgan fingerprint density at radius 1 is 1.10 bits per heavy atom. The molecule has 1 saturated heterocycles. The van der Waals surface area contributed by atoms with Gasteiger partial charge in [0, 0.05) is 36.7 Å². The van der Waals surface area contributed by atoms with E-state index in [-0.39, 0.29) is 5.56 Å². The summed E-state index contributed by atoms with van der Waals surface area (Å²) in [4.78, 5) is 27.7. The largest absolute Gasteiger partial charge is 0.497 e. The Balaban J connectivity index is 1.27. The molecule has 2 aromatic heterocycles. The highest BCUT2D eigenvalue weighted by molar-refractivity contribution is 7.18. The molecular weight excluding hydrogens is 384 g/mol. The van der Waals surface area contributed by atoms with Crippen molar-refractivity contribution in [2.45, 2.75) is 32.2 Å². The van der Waals surface area contributed by atoms with Crippen LogP contribution in [0.3, 0.4) is 0 Å². The van der Waals surface area contributed by atoms with Gasteiger partial charge in [-0.05, 0) is 55.5 Å². The number of rotatable bonds is 4. The summed E-state index contributed by atoms with van der Waals surface area (Å²) in [5, 5.41) is 0.845. The first-order chi connectivity index (χ1) is 14.2. The van der Waals surface area contributed by atoms with Crippen LogP contribution in [-0.4, -0.2) is 48.2 Å². The van der Waals surface area contributed by atoms with Gasteiger partial charge in [0.2, 0.25) is 0 Å². The highest BCUT2D eigenvalue weighted by atomic mass is 32.1. The molecule has 2 aliphatic rings. The van der Waals surface area contributed by atoms with E-state index in [9.17, 15) is 4.79 Å². The van der Waals surface area contributed by atoms with Crippen molar-refractivity contribution >= 4 is 27.2 Å². The van der Waals surface area contributed by atoms with Crippen molar-refractivity contribution in [3.8, 4) is 5.75 Å². The molecule has 0 saturated carbocycles. The summed E-state index contributed by atoms with van der Waals surface area (Å²) in [6.07, 6.45) is 4.52. The second-order valence-electron chi connectivity index (χ2n) is 7.86. The predicted molar refractivity (Wildman–Crippen MR) is 117 cm³/mol. The number of aryl methyl sites for hydroxylation is 2. The molecule has 3 heterocycles. The molecule has 0 unspecified atom stereocenters. The van der Waals surface area contributed by atoms with Crippen LogP contribution in [0.4, 0.5) is 5.69 Å². The van der Waals surface area contributed by atoms with E-state index in [2.05, 4.69) is 26.9 Å². The molecule has 6 nitrogen and oxygen atoms in total. The first-order valence-electron chi connectivity index (χ1n) is 10.4. The molecule has 29 heavy (non-hydrogen) atoms. The zero-order valence-corrected chi connectivity index (χ0v) is 17.6. The molecule has 1 aliphatic heterocycles. The van der Waals surface area contributed by atoms with Gasteiger partial charge in [0.05, 0.1) is 19.0 Å². The molecule has 152 valence electrons. The average molecular weight is 411 g/mol. The first-order valence-corrected chi connectivity index (χ1v) is 11.2. The maximum absolute atomic E-state index is 12.7. The van der Waals surface area contributed by atoms with E-state index in [1.54, 1.807) is 18.4 Å². The normalized spacial score (nSPS) is 17.5. The van der Waals surface area contributed by atoms with Gasteiger partial charge in [0.15, 0.2) is 0 Å². The third-order valence-corrected chi connectivity index (χ3v) is 7.24. The van der Waals surface area contributed by atoms with Gasteiger partial charge in [-0.15, -0.1) is 11.3 Å². The lowest BCUT2D eigenvalue weighted by atomic mass is 9.97. The minimum atomic E-state index is 0.0428. The van der Waals surface area contributed by atoms with Gasteiger partial charge >= 0.3 is 0 Å². The number of benzene rings is 1. The maximum Gasteiger partial charge on any atom is 0.259 e. The van der Waals surface area contributed by atoms with E-state index >= 15 is 0 Å². The summed E-state index contributed by atoms with van der Waals surface area (Å²) >= 11 is 1.72. The highest BCUT2D eigenvalue weighted by Crippen LogP contribution is 2.33. The quantitative estimate of drug-likeness (QED) is 0.716. The molecule has 7 heteroatoms. The van der Waals surface area contributed by atoms with Crippen LogP contribution in [0.1, 0.15) is 29.1 Å². The molecule has 1 aromatic carbocycles. The number of hydrogen-bond donors (Lipinski definition) is 1. The Bertz CT molecular complexity index is 1060. The van der Waals surface area contributed by atoms with Crippen LogP contribution in [0.5, 0.6) is 5.75 Å². The molecule has 3 aromatic rings. The van der Waals surface area contributed by atoms with Crippen LogP contribution in [0.2, 0.25) is 0 Å². The molecular formula is C22H26N4O2S. The van der Waals surface area contributed by atoms with Crippen LogP contribution < -0.4 is 15.2 Å². The topological polar surface area (TPSA) is 61.5 Å². The summed E-state index contributed by atoms with van der Waals surface area (Å²) in [5.74, 6) is 1.67. The Kier molecular flexibility index (Phi) is 5.01. The third-order valence-electron chi connectivity index (χ3n) is 6.06. The summed E-state index contributed by atoms with van der Waals surface area (Å²) in [7, 11) is 1.69. The smallest absolute Gasteiger partial charge is 0.259 e. The number of anilines is 1. The van der Waals surface area contributed by atoms with Crippen LogP contribution in [0.15, 0.2) is 29.1 Å². The van der Waals surface area contributed by atoms with E-state index in [0.29, 0.717) is 6.54 Å². The molecule has 0 radical (unpaired) electrons. The van der Waals surface area contributed by atoms with E-state index < -0.39 is 0 Å². The van der Waals surface area contributed by atoms with Crippen molar-refractivity contribution in [3.63, 3.8) is 0 Å². The van der Waals surface area contributed by atoms with E-state index in [1.165, 1.54) is 29.0 Å². The van der Waals surface area contributed by atoms with Gasteiger partial charge < -0.3 is 14.6 Å². The minimum Gasteiger partial charge on any atom is -0.497 e. The van der Waals surface area contributed by atoms with Crippen molar-refractivity contribution < 1.29 is 4.74 Å². The maximum atomic E-state index is 12.7. The van der Waals surface area contributed by atoms with Gasteiger partial charge in [-0.3, -0.25) is 9.69 Å². The number of nitrogens with zero attached hydrogens (tertiary/aromatic N) is 3. The van der Waals surface area contributed by atoms with E-state index in [0.717, 1.165) is 60.8 Å². The zero-order valence-electron chi connectivity index (χ0n) is 16.7. The van der Waals surface area contributed by atoms with Gasteiger partial charge in [-0.2, -0.15) is 0 Å². The summed E-state index contributed by atoms with van der Waals surface area (Å²) in [6, 6.07) is 8.23. The SMILES string of the molecule is COc1ccc(N2CCN(Cc3nc4sc5c(c4c(=O)[nH]3)CCCC5)CC2)cc1. The number of ether oxygens (including phenoxy) is 1. The summed E-state index contributed by atoms with van der Waals surface area (Å²) in [5.41, 5.74) is 2.52. The molecule has 0 bridgehead atoms. The second-order valence-corrected chi connectivity index (χ2v) is 8.95. The average Bonchev–Trinajstić information content (AvgIpc) is 3.13. The van der Waals surface area contributed by atoms with Gasteiger partial charge in [0.25, 0.3) is 5.56 Å². The second kappa shape index (κ2) is 7.80. The number of aromatic nitrogens is 2. The van der Waals surface area contributed by atoms with Crippen molar-refractivity contribution in [1.29, 1.82) is 0 Å². The van der Waals surface area contributed by atoms with Crippen molar-refractivity contribution in [1.82, 2.24) is 14.9 Å². The van der Waals surface area contributed by atoms with Gasteiger partial charge in [-0.1, -0.05) is 0 Å². The fourth-order valence-electron chi connectivity index (χ4n) is 4.45. The number of H-pyrrole nitrogens is 1. The van der Waals surface area contributed by atoms with Crippen LogP contribution in [0.25, 0.3) is 10.2 Å². The lowest BCUT2D eigenvalue weighted by Crippen LogP contribution is -2.46. The number of piperazine rings is 1. The highest BCUT2D eigenvalue weighted by Gasteiger charge is 2.22. The predicted octanol–water partition coefficient (Wildman–Crippen LogP) is 3.19. The lowest BCUT2D eigenvalue weighted by molar-refractivity contribution is 0.244. The molecule has 1 fully saturated rings. The number of methoxy groups -OCH3 is 1. The van der Waals surface area contributed by atoms with Crippen molar-refractivity contribution in [2.24, 2.45) is 0 Å². The van der Waals surface area contributed by atoms with Crippen molar-refractivity contribution in [2.75, 3.05) is 38.2 Å². The molecule has 5 rings (SSSR count). The molecule has 1 aliphatic carbocycles. The van der Waals surface area contributed by atoms with Crippen LogP contribution in [0, 0.1) is 0 Å². The number of aromatic amines is 1. The Morgan fingerprint density at radius 2 is 1.86 bits per heavy atom. The zero-order chi connectivity index (χ0) is 19.8. The molecule has 0 spiro atoms. The summed E-state index contributed by atoms with van der Waals surface area (Å²) in [6.45, 7) is 4.53. The Hall–Kier alpha value is -2.38. The Labute approximate surface area is 174 Å². The number of hydrogen-bond acceptors (Lipinski definition) is 6. The van der Waals surface area contributed by atoms with Crippen LogP contribution in [-0.2, 0) is 19.4 Å². The molecule has 0 atom stereocenters. The third kappa shape index (κ3) is 3.65. The van der Waals surface area contributed by atoms with E-state index in [4.69, 9.17) is 9.72 Å². The fraction of sp³-hybridized carbons (Fsp3) is 0.455. The number of thiophene rings is 1. The first kappa shape index (κ1) is 18.6.